The van der Waals surface area contributed by atoms with Crippen molar-refractivity contribution in [3.05, 3.63) is 89.5 Å². The predicted octanol–water partition coefficient (Wildman–Crippen LogP) is 2.69. The zero-order chi connectivity index (χ0) is 24.2. The van der Waals surface area contributed by atoms with Crippen molar-refractivity contribution in [2.75, 3.05) is 4.90 Å². The number of carbonyl (C=O) groups is 4. The molecule has 4 amide bonds. The van der Waals surface area contributed by atoms with Crippen molar-refractivity contribution in [2.24, 2.45) is 4.99 Å². The molecule has 9 nitrogen and oxygen atoms in total. The lowest BCUT2D eigenvalue weighted by atomic mass is 10.1. The largest absolute Gasteiger partial charge is 0.284 e. The van der Waals surface area contributed by atoms with E-state index in [4.69, 9.17) is 0 Å². The molecule has 0 bridgehead atoms. The standard InChI is InChI=1S/C24H15N3O6S/c1-14(28)26-20-9-5-4-8-19(20)21(24(26)31)25-15-10-12-16(13-11-15)34(32,33)27-22(29)17-6-2-3-7-18(17)23(27)30/h2-13H,1H3. The molecule has 2 heterocycles. The molecular weight excluding hydrogens is 458 g/mol. The van der Waals surface area contributed by atoms with Crippen molar-refractivity contribution < 1.29 is 27.6 Å². The van der Waals surface area contributed by atoms with Gasteiger partial charge in [-0.2, -0.15) is 4.31 Å². The summed E-state index contributed by atoms with van der Waals surface area (Å²) in [5.41, 5.74) is 1.24. The van der Waals surface area contributed by atoms with Crippen molar-refractivity contribution in [1.29, 1.82) is 0 Å². The highest BCUT2D eigenvalue weighted by Gasteiger charge is 2.44. The number of carbonyl (C=O) groups excluding carboxylic acids is 4. The molecule has 0 atom stereocenters. The van der Waals surface area contributed by atoms with Crippen molar-refractivity contribution in [3.63, 3.8) is 0 Å². The molecule has 0 N–H and O–H groups in total. The summed E-state index contributed by atoms with van der Waals surface area (Å²) >= 11 is 0. The molecule has 10 heteroatoms. The quantitative estimate of drug-likeness (QED) is 0.539. The SMILES string of the molecule is CC(=O)N1C(=O)C(=Nc2ccc(S(=O)(=O)N3C(=O)c4ccccc4C3=O)cc2)c2ccccc21. The van der Waals surface area contributed by atoms with E-state index in [0.717, 1.165) is 4.90 Å². The molecule has 0 aliphatic carbocycles. The van der Waals surface area contributed by atoms with Gasteiger partial charge in [0.1, 0.15) is 5.71 Å². The van der Waals surface area contributed by atoms with E-state index in [0.29, 0.717) is 11.3 Å². The van der Waals surface area contributed by atoms with E-state index in [1.807, 2.05) is 0 Å². The molecule has 2 aliphatic rings. The number of amides is 4. The summed E-state index contributed by atoms with van der Waals surface area (Å²) in [4.78, 5) is 55.0. The molecule has 168 valence electrons. The van der Waals surface area contributed by atoms with Crippen LogP contribution in [0.3, 0.4) is 0 Å². The Bertz CT molecular complexity index is 1520. The van der Waals surface area contributed by atoms with E-state index in [-0.39, 0.29) is 31.7 Å². The van der Waals surface area contributed by atoms with Crippen molar-refractivity contribution in [3.8, 4) is 0 Å². The fourth-order valence-corrected chi connectivity index (χ4v) is 5.26. The number of sulfonamides is 1. The Balaban J connectivity index is 1.49. The first kappa shape index (κ1) is 21.4. The number of hydrogen-bond acceptors (Lipinski definition) is 7. The summed E-state index contributed by atoms with van der Waals surface area (Å²) in [5, 5.41) is 0. The van der Waals surface area contributed by atoms with Gasteiger partial charge in [-0.1, -0.05) is 30.3 Å². The van der Waals surface area contributed by atoms with E-state index in [2.05, 4.69) is 4.99 Å². The number of fused-ring (bicyclic) bond motifs is 2. The van der Waals surface area contributed by atoms with Crippen LogP contribution in [0.5, 0.6) is 0 Å². The van der Waals surface area contributed by atoms with Gasteiger partial charge in [0, 0.05) is 12.5 Å². The second-order valence-corrected chi connectivity index (χ2v) is 9.34. The first-order valence-corrected chi connectivity index (χ1v) is 11.5. The highest BCUT2D eigenvalue weighted by atomic mass is 32.2. The van der Waals surface area contributed by atoms with Gasteiger partial charge in [0.2, 0.25) is 5.91 Å². The number of rotatable bonds is 3. The Morgan fingerprint density at radius 3 is 1.82 bits per heavy atom. The van der Waals surface area contributed by atoms with Crippen LogP contribution in [0.4, 0.5) is 11.4 Å². The highest BCUT2D eigenvalue weighted by Crippen LogP contribution is 2.32. The maximum Gasteiger partial charge on any atom is 0.284 e. The summed E-state index contributed by atoms with van der Waals surface area (Å²) in [7, 11) is -4.46. The Morgan fingerprint density at radius 1 is 0.735 bits per heavy atom. The predicted molar refractivity (Wildman–Crippen MR) is 121 cm³/mol. The van der Waals surface area contributed by atoms with Gasteiger partial charge in [0.25, 0.3) is 27.7 Å². The minimum absolute atomic E-state index is 0.0209. The lowest BCUT2D eigenvalue weighted by molar-refractivity contribution is -0.121. The summed E-state index contributed by atoms with van der Waals surface area (Å²) in [6, 6.07) is 17.7. The lowest BCUT2D eigenvalue weighted by Gasteiger charge is -2.14. The first-order valence-electron chi connectivity index (χ1n) is 10.1. The number of nitrogens with zero attached hydrogens (tertiary/aromatic N) is 3. The van der Waals surface area contributed by atoms with Gasteiger partial charge in [0.05, 0.1) is 27.4 Å². The Morgan fingerprint density at radius 2 is 1.26 bits per heavy atom. The van der Waals surface area contributed by atoms with Crippen LogP contribution in [0.15, 0.2) is 82.7 Å². The van der Waals surface area contributed by atoms with E-state index < -0.39 is 33.7 Å². The van der Waals surface area contributed by atoms with E-state index in [1.54, 1.807) is 36.4 Å². The number of para-hydroxylation sites is 1. The number of hydrogen-bond donors (Lipinski definition) is 0. The van der Waals surface area contributed by atoms with E-state index in [1.165, 1.54) is 43.3 Å². The third kappa shape index (κ3) is 3.07. The van der Waals surface area contributed by atoms with Gasteiger partial charge in [-0.25, -0.2) is 18.3 Å². The monoisotopic (exact) mass is 473 g/mol. The van der Waals surface area contributed by atoms with Crippen LogP contribution in [0.1, 0.15) is 33.2 Å². The Labute approximate surface area is 194 Å². The Kier molecular flexibility index (Phi) is 4.76. The zero-order valence-corrected chi connectivity index (χ0v) is 18.4. The van der Waals surface area contributed by atoms with Gasteiger partial charge in [0.15, 0.2) is 0 Å². The minimum Gasteiger partial charge on any atom is -0.274 e. The maximum absolute atomic E-state index is 13.1. The van der Waals surface area contributed by atoms with Crippen molar-refractivity contribution in [1.82, 2.24) is 4.31 Å². The van der Waals surface area contributed by atoms with Crippen LogP contribution in [0.25, 0.3) is 0 Å². The van der Waals surface area contributed by atoms with Crippen LogP contribution in [-0.2, 0) is 19.6 Å². The molecule has 0 spiro atoms. The minimum atomic E-state index is -4.46. The van der Waals surface area contributed by atoms with Crippen molar-refractivity contribution >= 4 is 50.7 Å². The molecule has 0 saturated heterocycles. The maximum atomic E-state index is 13.1. The average molecular weight is 473 g/mol. The van der Waals surface area contributed by atoms with Crippen LogP contribution in [0, 0.1) is 0 Å². The van der Waals surface area contributed by atoms with Gasteiger partial charge in [-0.15, -0.1) is 0 Å². The molecule has 0 aromatic heterocycles. The third-order valence-corrected chi connectivity index (χ3v) is 7.17. The van der Waals surface area contributed by atoms with E-state index in [9.17, 15) is 27.6 Å². The molecule has 5 rings (SSSR count). The van der Waals surface area contributed by atoms with Crippen LogP contribution in [0.2, 0.25) is 0 Å². The summed E-state index contributed by atoms with van der Waals surface area (Å²) < 4.78 is 26.4. The molecule has 3 aromatic carbocycles. The third-order valence-electron chi connectivity index (χ3n) is 5.49. The first-order chi connectivity index (χ1) is 16.2. The molecule has 34 heavy (non-hydrogen) atoms. The second kappa shape index (κ2) is 7.56. The second-order valence-electron chi connectivity index (χ2n) is 7.56. The smallest absolute Gasteiger partial charge is 0.274 e. The fraction of sp³-hybridized carbons (Fsp3) is 0.0417. The van der Waals surface area contributed by atoms with Gasteiger partial charge in [-0.3, -0.25) is 19.2 Å². The molecule has 0 fully saturated rings. The fourth-order valence-electron chi connectivity index (χ4n) is 3.93. The molecule has 0 unspecified atom stereocenters. The van der Waals surface area contributed by atoms with Crippen molar-refractivity contribution in [2.45, 2.75) is 11.8 Å². The normalized spacial score (nSPS) is 16.3. The zero-order valence-electron chi connectivity index (χ0n) is 17.6. The summed E-state index contributed by atoms with van der Waals surface area (Å²) in [5.74, 6) is -2.87. The van der Waals surface area contributed by atoms with Gasteiger partial charge >= 0.3 is 0 Å². The molecule has 0 saturated carbocycles. The van der Waals surface area contributed by atoms with Crippen LogP contribution in [-0.4, -0.2) is 42.1 Å². The average Bonchev–Trinajstić information content (AvgIpc) is 3.25. The number of aliphatic imine (C=N–C) groups is 1. The lowest BCUT2D eigenvalue weighted by Crippen LogP contribution is -2.36. The summed E-state index contributed by atoms with van der Waals surface area (Å²) in [6.07, 6.45) is 0. The Hall–Kier alpha value is -4.44. The topological polar surface area (TPSA) is 121 Å². The van der Waals surface area contributed by atoms with E-state index >= 15 is 0 Å². The molecule has 2 aliphatic heterocycles. The molecule has 0 radical (unpaired) electrons. The molecular formula is C24H15N3O6S. The van der Waals surface area contributed by atoms with Crippen LogP contribution < -0.4 is 4.90 Å². The number of anilines is 1. The van der Waals surface area contributed by atoms with Crippen LogP contribution >= 0.6 is 0 Å². The number of imide groups is 2. The van der Waals surface area contributed by atoms with Gasteiger partial charge in [-0.05, 0) is 42.5 Å². The summed E-state index contributed by atoms with van der Waals surface area (Å²) in [6.45, 7) is 1.27. The molecule has 3 aromatic rings. The highest BCUT2D eigenvalue weighted by molar-refractivity contribution is 7.90. The number of benzene rings is 3. The van der Waals surface area contributed by atoms with Gasteiger partial charge < -0.3 is 0 Å².